The van der Waals surface area contributed by atoms with Gasteiger partial charge in [-0.1, -0.05) is 0 Å². The summed E-state index contributed by atoms with van der Waals surface area (Å²) in [7, 11) is 0. The number of halogens is 1. The van der Waals surface area contributed by atoms with Crippen molar-refractivity contribution in [1.29, 1.82) is 0 Å². The Bertz CT molecular complexity index is 659. The van der Waals surface area contributed by atoms with E-state index >= 15 is 0 Å². The number of amides is 2. The van der Waals surface area contributed by atoms with Gasteiger partial charge in [0, 0.05) is 24.6 Å². The maximum Gasteiger partial charge on any atom is 0.410 e. The lowest BCUT2D eigenvalue weighted by atomic mass is 9.96. The third kappa shape index (κ3) is 5.82. The highest BCUT2D eigenvalue weighted by molar-refractivity contribution is 5.99. The van der Waals surface area contributed by atoms with Gasteiger partial charge >= 0.3 is 6.09 Å². The van der Waals surface area contributed by atoms with Gasteiger partial charge in [0.05, 0.1) is 6.54 Å². The molecule has 6 nitrogen and oxygen atoms in total. The Morgan fingerprint density at radius 1 is 1.15 bits per heavy atom. The molecule has 1 aromatic carbocycles. The van der Waals surface area contributed by atoms with E-state index in [4.69, 9.17) is 4.74 Å². The van der Waals surface area contributed by atoms with Crippen LogP contribution in [0.15, 0.2) is 24.3 Å². The Morgan fingerprint density at radius 2 is 1.73 bits per heavy atom. The molecule has 0 aromatic heterocycles. The quantitative estimate of drug-likeness (QED) is 0.834. The molecule has 2 amide bonds. The molecule has 0 spiro atoms. The topological polar surface area (TPSA) is 75.7 Å². The molecule has 0 aliphatic carbocycles. The fraction of sp³-hybridized carbons (Fsp3) is 0.526. The van der Waals surface area contributed by atoms with Crippen LogP contribution in [-0.2, 0) is 9.53 Å². The molecule has 1 N–H and O–H groups in total. The van der Waals surface area contributed by atoms with Crippen LogP contribution in [0.25, 0.3) is 0 Å². The minimum Gasteiger partial charge on any atom is -0.444 e. The number of nitrogens with one attached hydrogen (secondary N) is 1. The molecule has 1 saturated heterocycles. The van der Waals surface area contributed by atoms with Crippen molar-refractivity contribution in [3.8, 4) is 0 Å². The lowest BCUT2D eigenvalue weighted by molar-refractivity contribution is -0.126. The second kappa shape index (κ2) is 8.29. The molecule has 1 aromatic rings. The summed E-state index contributed by atoms with van der Waals surface area (Å²) >= 11 is 0. The van der Waals surface area contributed by atoms with E-state index in [0.29, 0.717) is 31.5 Å². The van der Waals surface area contributed by atoms with Crippen LogP contribution in [0.3, 0.4) is 0 Å². The van der Waals surface area contributed by atoms with Crippen LogP contribution in [-0.4, -0.2) is 47.9 Å². The van der Waals surface area contributed by atoms with E-state index < -0.39 is 11.4 Å². The van der Waals surface area contributed by atoms with Gasteiger partial charge in [0.2, 0.25) is 5.91 Å². The molecule has 2 rings (SSSR count). The minimum atomic E-state index is -0.550. The average Bonchev–Trinajstić information content (AvgIpc) is 2.58. The van der Waals surface area contributed by atoms with Gasteiger partial charge in [-0.3, -0.25) is 9.59 Å². The van der Waals surface area contributed by atoms with Crippen molar-refractivity contribution in [3.63, 3.8) is 0 Å². The number of hydrogen-bond donors (Lipinski definition) is 1. The number of ether oxygens (including phenoxy) is 1. The number of piperidine rings is 1. The zero-order valence-electron chi connectivity index (χ0n) is 15.4. The van der Waals surface area contributed by atoms with Gasteiger partial charge in [0.25, 0.3) is 0 Å². The smallest absolute Gasteiger partial charge is 0.410 e. The van der Waals surface area contributed by atoms with Crippen LogP contribution in [0.1, 0.15) is 44.0 Å². The summed E-state index contributed by atoms with van der Waals surface area (Å²) < 4.78 is 18.2. The van der Waals surface area contributed by atoms with Gasteiger partial charge in [-0.2, -0.15) is 0 Å². The minimum absolute atomic E-state index is 0.128. The molecule has 26 heavy (non-hydrogen) atoms. The SMILES string of the molecule is CC(C)(C)OC(=O)N1CCC(C(=O)NCC(=O)c2ccc(F)cc2)CC1. The lowest BCUT2D eigenvalue weighted by Crippen LogP contribution is -2.45. The predicted octanol–water partition coefficient (Wildman–Crippen LogP) is 2.77. The highest BCUT2D eigenvalue weighted by atomic mass is 19.1. The van der Waals surface area contributed by atoms with Crippen LogP contribution >= 0.6 is 0 Å². The molecule has 0 atom stereocenters. The summed E-state index contributed by atoms with van der Waals surface area (Å²) in [5.74, 6) is -1.13. The first-order valence-electron chi connectivity index (χ1n) is 8.70. The van der Waals surface area contributed by atoms with Crippen LogP contribution in [0.5, 0.6) is 0 Å². The number of likely N-dealkylation sites (tertiary alicyclic amines) is 1. The van der Waals surface area contributed by atoms with E-state index in [0.717, 1.165) is 0 Å². The predicted molar refractivity (Wildman–Crippen MR) is 94.3 cm³/mol. The van der Waals surface area contributed by atoms with Crippen molar-refractivity contribution in [2.75, 3.05) is 19.6 Å². The first kappa shape index (κ1) is 19.9. The molecule has 142 valence electrons. The normalized spacial score (nSPS) is 15.5. The molecule has 1 aliphatic rings. The highest BCUT2D eigenvalue weighted by Gasteiger charge is 2.30. The molecule has 0 radical (unpaired) electrons. The molecule has 1 fully saturated rings. The summed E-state index contributed by atoms with van der Waals surface area (Å²) in [6.07, 6.45) is 0.675. The molecule has 1 heterocycles. The third-order valence-electron chi connectivity index (χ3n) is 4.11. The number of benzene rings is 1. The van der Waals surface area contributed by atoms with Crippen molar-refractivity contribution in [1.82, 2.24) is 10.2 Å². The number of Topliss-reactive ketones (excluding diaryl/α,β-unsaturated/α-hetero) is 1. The molecular formula is C19H25FN2O4. The highest BCUT2D eigenvalue weighted by Crippen LogP contribution is 2.19. The van der Waals surface area contributed by atoms with Gasteiger partial charge in [-0.05, 0) is 57.9 Å². The van der Waals surface area contributed by atoms with Gasteiger partial charge in [0.15, 0.2) is 5.78 Å². The summed E-state index contributed by atoms with van der Waals surface area (Å²) in [6, 6.07) is 5.20. The van der Waals surface area contributed by atoms with Crippen molar-refractivity contribution in [2.24, 2.45) is 5.92 Å². The van der Waals surface area contributed by atoms with E-state index in [1.54, 1.807) is 4.90 Å². The third-order valence-corrected chi connectivity index (χ3v) is 4.11. The average molecular weight is 364 g/mol. The van der Waals surface area contributed by atoms with Gasteiger partial charge in [0.1, 0.15) is 11.4 Å². The summed E-state index contributed by atoms with van der Waals surface area (Å²) in [6.45, 7) is 6.18. The Morgan fingerprint density at radius 3 is 2.27 bits per heavy atom. The number of carbonyl (C=O) groups excluding carboxylic acids is 3. The van der Waals surface area contributed by atoms with E-state index in [9.17, 15) is 18.8 Å². The van der Waals surface area contributed by atoms with E-state index in [1.165, 1.54) is 24.3 Å². The number of ketones is 1. The molecule has 0 unspecified atom stereocenters. The largest absolute Gasteiger partial charge is 0.444 e. The molecule has 1 aliphatic heterocycles. The number of rotatable bonds is 4. The van der Waals surface area contributed by atoms with Gasteiger partial charge in [-0.25, -0.2) is 9.18 Å². The standard InChI is InChI=1S/C19H25FN2O4/c1-19(2,3)26-18(25)22-10-8-14(9-11-22)17(24)21-12-16(23)13-4-6-15(20)7-5-13/h4-7,14H,8-12H2,1-3H3,(H,21,24). The maximum absolute atomic E-state index is 12.9. The summed E-state index contributed by atoms with van der Waals surface area (Å²) in [5, 5.41) is 2.63. The first-order chi connectivity index (χ1) is 12.2. The van der Waals surface area contributed by atoms with Crippen molar-refractivity contribution in [2.45, 2.75) is 39.2 Å². The molecule has 7 heteroatoms. The number of nitrogens with zero attached hydrogens (tertiary/aromatic N) is 1. The molecular weight excluding hydrogens is 339 g/mol. The zero-order valence-corrected chi connectivity index (χ0v) is 15.4. The second-order valence-electron chi connectivity index (χ2n) is 7.39. The Balaban J connectivity index is 1.77. The van der Waals surface area contributed by atoms with Crippen molar-refractivity contribution < 1.29 is 23.5 Å². The van der Waals surface area contributed by atoms with Crippen molar-refractivity contribution >= 4 is 17.8 Å². The maximum atomic E-state index is 12.9. The van der Waals surface area contributed by atoms with E-state index in [2.05, 4.69) is 5.32 Å². The fourth-order valence-corrected chi connectivity index (χ4v) is 2.70. The van der Waals surface area contributed by atoms with Crippen molar-refractivity contribution in [3.05, 3.63) is 35.6 Å². The van der Waals surface area contributed by atoms with Gasteiger partial charge < -0.3 is 15.0 Å². The van der Waals surface area contributed by atoms with Crippen LogP contribution in [0.2, 0.25) is 0 Å². The van der Waals surface area contributed by atoms with E-state index in [-0.39, 0.29) is 30.2 Å². The number of hydrogen-bond acceptors (Lipinski definition) is 4. The lowest BCUT2D eigenvalue weighted by Gasteiger charge is -2.32. The zero-order chi connectivity index (χ0) is 19.3. The Hall–Kier alpha value is -2.44. The molecule has 0 bridgehead atoms. The van der Waals surface area contributed by atoms with E-state index in [1.807, 2.05) is 20.8 Å². The Kier molecular flexibility index (Phi) is 6.34. The summed E-state index contributed by atoms with van der Waals surface area (Å²) in [4.78, 5) is 37.9. The number of carbonyl (C=O) groups is 3. The van der Waals surface area contributed by atoms with Crippen LogP contribution < -0.4 is 5.32 Å². The monoisotopic (exact) mass is 364 g/mol. The van der Waals surface area contributed by atoms with Crippen LogP contribution in [0.4, 0.5) is 9.18 Å². The van der Waals surface area contributed by atoms with Crippen LogP contribution in [0, 0.1) is 11.7 Å². The first-order valence-corrected chi connectivity index (χ1v) is 8.70. The molecule has 0 saturated carbocycles. The fourth-order valence-electron chi connectivity index (χ4n) is 2.70. The van der Waals surface area contributed by atoms with Gasteiger partial charge in [-0.15, -0.1) is 0 Å². The summed E-state index contributed by atoms with van der Waals surface area (Å²) in [5.41, 5.74) is -0.196. The second-order valence-corrected chi connectivity index (χ2v) is 7.39. The Labute approximate surface area is 152 Å².